The number of hydrogen-bond acceptors (Lipinski definition) is 5. The van der Waals surface area contributed by atoms with Crippen LogP contribution in [0.4, 0.5) is 10.1 Å². The summed E-state index contributed by atoms with van der Waals surface area (Å²) in [6.07, 6.45) is 0.750. The SMILES string of the molecule is COc1ccc(CCC(=O)Nc2ccccc2C(=O)OCC(=O)N(C)Cc2ccc(F)cc2)cc1. The van der Waals surface area contributed by atoms with E-state index in [9.17, 15) is 18.8 Å². The van der Waals surface area contributed by atoms with E-state index in [0.29, 0.717) is 12.1 Å². The van der Waals surface area contributed by atoms with Crippen LogP contribution >= 0.6 is 0 Å². The van der Waals surface area contributed by atoms with Crippen LogP contribution in [0.1, 0.15) is 27.9 Å². The fraction of sp³-hybridized carbons (Fsp3) is 0.222. The molecule has 182 valence electrons. The Morgan fingerprint density at radius 1 is 0.914 bits per heavy atom. The molecule has 0 atom stereocenters. The average Bonchev–Trinajstić information content (AvgIpc) is 2.87. The number of esters is 1. The molecular formula is C27H27FN2O5. The third-order valence-electron chi connectivity index (χ3n) is 5.31. The third-order valence-corrected chi connectivity index (χ3v) is 5.31. The predicted octanol–water partition coefficient (Wildman–Crippen LogP) is 4.22. The molecule has 0 fully saturated rings. The number of benzene rings is 3. The summed E-state index contributed by atoms with van der Waals surface area (Å²) in [5, 5.41) is 2.74. The van der Waals surface area contributed by atoms with Crippen molar-refractivity contribution in [2.24, 2.45) is 0 Å². The summed E-state index contributed by atoms with van der Waals surface area (Å²) in [6.45, 7) is -0.215. The number of nitrogens with one attached hydrogen (secondary N) is 1. The minimum Gasteiger partial charge on any atom is -0.497 e. The molecule has 0 aromatic heterocycles. The Labute approximate surface area is 203 Å². The molecule has 0 aliphatic carbocycles. The third kappa shape index (κ3) is 7.67. The molecule has 3 aromatic carbocycles. The van der Waals surface area contributed by atoms with E-state index in [1.54, 1.807) is 44.5 Å². The lowest BCUT2D eigenvalue weighted by Crippen LogP contribution is -2.31. The van der Waals surface area contributed by atoms with Gasteiger partial charge in [0.15, 0.2) is 6.61 Å². The van der Waals surface area contributed by atoms with Gasteiger partial charge < -0.3 is 19.7 Å². The number of likely N-dealkylation sites (N-methyl/N-ethyl adjacent to an activating group) is 1. The van der Waals surface area contributed by atoms with Gasteiger partial charge in [-0.25, -0.2) is 9.18 Å². The average molecular weight is 479 g/mol. The molecule has 0 unspecified atom stereocenters. The molecule has 3 aromatic rings. The largest absolute Gasteiger partial charge is 0.497 e. The second-order valence-electron chi connectivity index (χ2n) is 7.89. The zero-order chi connectivity index (χ0) is 25.2. The lowest BCUT2D eigenvalue weighted by Gasteiger charge is -2.17. The van der Waals surface area contributed by atoms with Gasteiger partial charge in [0.05, 0.1) is 18.4 Å². The first-order valence-corrected chi connectivity index (χ1v) is 11.0. The molecule has 8 heteroatoms. The Balaban J connectivity index is 1.52. The highest BCUT2D eigenvalue weighted by atomic mass is 19.1. The van der Waals surface area contributed by atoms with E-state index >= 15 is 0 Å². The van der Waals surface area contributed by atoms with Crippen LogP contribution in [-0.2, 0) is 27.3 Å². The van der Waals surface area contributed by atoms with Crippen molar-refractivity contribution in [2.45, 2.75) is 19.4 Å². The van der Waals surface area contributed by atoms with E-state index in [4.69, 9.17) is 9.47 Å². The Morgan fingerprint density at radius 2 is 1.57 bits per heavy atom. The maximum absolute atomic E-state index is 13.0. The molecule has 7 nitrogen and oxygen atoms in total. The van der Waals surface area contributed by atoms with Crippen LogP contribution in [0.15, 0.2) is 72.8 Å². The molecule has 0 heterocycles. The van der Waals surface area contributed by atoms with Gasteiger partial charge >= 0.3 is 5.97 Å². The van der Waals surface area contributed by atoms with Crippen molar-refractivity contribution in [2.75, 3.05) is 26.1 Å². The normalized spacial score (nSPS) is 10.4. The number of methoxy groups -OCH3 is 1. The number of para-hydroxylation sites is 1. The van der Waals surface area contributed by atoms with Crippen LogP contribution in [0.2, 0.25) is 0 Å². The van der Waals surface area contributed by atoms with Crippen LogP contribution in [0.3, 0.4) is 0 Å². The van der Waals surface area contributed by atoms with Crippen LogP contribution < -0.4 is 10.1 Å². The molecule has 0 saturated carbocycles. The van der Waals surface area contributed by atoms with Crippen LogP contribution in [0, 0.1) is 5.82 Å². The number of rotatable bonds is 10. The molecule has 3 rings (SSSR count). The molecule has 0 saturated heterocycles. The topological polar surface area (TPSA) is 84.9 Å². The Morgan fingerprint density at radius 3 is 2.26 bits per heavy atom. The summed E-state index contributed by atoms with van der Waals surface area (Å²) in [7, 11) is 3.16. The number of carbonyl (C=O) groups is 3. The first-order chi connectivity index (χ1) is 16.9. The summed E-state index contributed by atoms with van der Waals surface area (Å²) in [5.74, 6) is -1.01. The molecule has 35 heavy (non-hydrogen) atoms. The van der Waals surface area contributed by atoms with Crippen LogP contribution in [0.5, 0.6) is 5.75 Å². The van der Waals surface area contributed by atoms with E-state index < -0.39 is 18.5 Å². The zero-order valence-corrected chi connectivity index (χ0v) is 19.6. The first-order valence-electron chi connectivity index (χ1n) is 11.0. The lowest BCUT2D eigenvalue weighted by molar-refractivity contribution is -0.133. The number of ether oxygens (including phenoxy) is 2. The van der Waals surface area contributed by atoms with E-state index in [-0.39, 0.29) is 30.3 Å². The Hall–Kier alpha value is -4.20. The number of amides is 2. The van der Waals surface area contributed by atoms with Crippen molar-refractivity contribution in [3.05, 3.63) is 95.3 Å². The van der Waals surface area contributed by atoms with Gasteiger partial charge in [-0.15, -0.1) is 0 Å². The van der Waals surface area contributed by atoms with Crippen LogP contribution in [0.25, 0.3) is 0 Å². The van der Waals surface area contributed by atoms with Gasteiger partial charge in [0.1, 0.15) is 11.6 Å². The van der Waals surface area contributed by atoms with Crippen molar-refractivity contribution in [1.82, 2.24) is 4.90 Å². The molecule has 1 N–H and O–H groups in total. The van der Waals surface area contributed by atoms with E-state index in [1.807, 2.05) is 24.3 Å². The Bertz CT molecular complexity index is 1160. The zero-order valence-electron chi connectivity index (χ0n) is 19.6. The van der Waals surface area contributed by atoms with E-state index in [0.717, 1.165) is 16.9 Å². The smallest absolute Gasteiger partial charge is 0.340 e. The van der Waals surface area contributed by atoms with Crippen LogP contribution in [-0.4, -0.2) is 43.4 Å². The monoisotopic (exact) mass is 478 g/mol. The minimum absolute atomic E-state index is 0.152. The molecule has 0 aliphatic rings. The summed E-state index contributed by atoms with van der Waals surface area (Å²) in [6, 6.07) is 19.7. The van der Waals surface area contributed by atoms with Gasteiger partial charge in [0.25, 0.3) is 5.91 Å². The molecule has 0 bridgehead atoms. The number of carbonyl (C=O) groups excluding carboxylic acids is 3. The van der Waals surface area contributed by atoms with Crippen molar-refractivity contribution in [3.8, 4) is 5.75 Å². The fourth-order valence-corrected chi connectivity index (χ4v) is 3.30. The van der Waals surface area contributed by atoms with E-state index in [1.165, 1.54) is 23.1 Å². The second-order valence-corrected chi connectivity index (χ2v) is 7.89. The number of nitrogens with zero attached hydrogens (tertiary/aromatic N) is 1. The maximum atomic E-state index is 13.0. The number of halogens is 1. The number of hydrogen-bond donors (Lipinski definition) is 1. The predicted molar refractivity (Wildman–Crippen MR) is 130 cm³/mol. The number of anilines is 1. The molecule has 0 spiro atoms. The summed E-state index contributed by atoms with van der Waals surface area (Å²) in [4.78, 5) is 38.8. The molecule has 0 aliphatic heterocycles. The molecule has 0 radical (unpaired) electrons. The number of aryl methyl sites for hydroxylation is 1. The highest BCUT2D eigenvalue weighted by molar-refractivity contribution is 6.01. The van der Waals surface area contributed by atoms with Gasteiger partial charge in [0.2, 0.25) is 5.91 Å². The first kappa shape index (κ1) is 25.4. The van der Waals surface area contributed by atoms with Crippen molar-refractivity contribution in [3.63, 3.8) is 0 Å². The van der Waals surface area contributed by atoms with E-state index in [2.05, 4.69) is 5.32 Å². The maximum Gasteiger partial charge on any atom is 0.340 e. The Kier molecular flexibility index (Phi) is 8.95. The summed E-state index contributed by atoms with van der Waals surface area (Å²) < 4.78 is 23.4. The molecular weight excluding hydrogens is 451 g/mol. The standard InChI is InChI=1S/C27H27FN2O5/c1-30(17-20-7-12-21(28)13-8-20)26(32)18-35-27(33)23-5-3-4-6-24(23)29-25(31)16-11-19-9-14-22(34-2)15-10-19/h3-10,12-15H,11,16-18H2,1-2H3,(H,29,31). The lowest BCUT2D eigenvalue weighted by atomic mass is 10.1. The van der Waals surface area contributed by atoms with Gasteiger partial charge in [-0.1, -0.05) is 36.4 Å². The summed E-state index contributed by atoms with van der Waals surface area (Å²) in [5.41, 5.74) is 2.19. The van der Waals surface area contributed by atoms with Gasteiger partial charge in [-0.2, -0.15) is 0 Å². The molecule has 2 amide bonds. The van der Waals surface area contributed by atoms with Gasteiger partial charge in [0, 0.05) is 20.0 Å². The van der Waals surface area contributed by atoms with Gasteiger partial charge in [-0.05, 0) is 53.9 Å². The highest BCUT2D eigenvalue weighted by Crippen LogP contribution is 2.18. The second kappa shape index (κ2) is 12.3. The van der Waals surface area contributed by atoms with Crippen molar-refractivity contribution < 1.29 is 28.2 Å². The van der Waals surface area contributed by atoms with Crippen molar-refractivity contribution in [1.29, 1.82) is 0 Å². The van der Waals surface area contributed by atoms with Crippen molar-refractivity contribution >= 4 is 23.5 Å². The van der Waals surface area contributed by atoms with Gasteiger partial charge in [-0.3, -0.25) is 9.59 Å². The minimum atomic E-state index is -0.723. The highest BCUT2D eigenvalue weighted by Gasteiger charge is 2.17. The fourth-order valence-electron chi connectivity index (χ4n) is 3.30. The summed E-state index contributed by atoms with van der Waals surface area (Å²) >= 11 is 0. The quantitative estimate of drug-likeness (QED) is 0.441.